The molecule has 24 heavy (non-hydrogen) atoms. The summed E-state index contributed by atoms with van der Waals surface area (Å²) in [5.41, 5.74) is 2.31. The number of carbonyl (C=O) groups is 1. The molecular formula is C19H23N3O2. The van der Waals surface area contributed by atoms with Gasteiger partial charge >= 0.3 is 0 Å². The summed E-state index contributed by atoms with van der Waals surface area (Å²) >= 11 is 0. The van der Waals surface area contributed by atoms with Crippen LogP contribution in [0, 0.1) is 0 Å². The fourth-order valence-electron chi connectivity index (χ4n) is 2.95. The highest BCUT2D eigenvalue weighted by Gasteiger charge is 2.21. The number of pyridine rings is 1. The summed E-state index contributed by atoms with van der Waals surface area (Å²) in [6, 6.07) is 12.0. The van der Waals surface area contributed by atoms with Gasteiger partial charge in [0.2, 0.25) is 5.91 Å². The van der Waals surface area contributed by atoms with Crippen molar-refractivity contribution in [2.75, 3.05) is 19.6 Å². The third-order valence-corrected chi connectivity index (χ3v) is 4.06. The Morgan fingerprint density at radius 2 is 2.08 bits per heavy atom. The van der Waals surface area contributed by atoms with Gasteiger partial charge in [0.15, 0.2) is 0 Å². The second-order valence-electron chi connectivity index (χ2n) is 6.16. The number of benzene rings is 1. The van der Waals surface area contributed by atoms with E-state index in [-0.39, 0.29) is 12.0 Å². The molecule has 1 aliphatic heterocycles. The van der Waals surface area contributed by atoms with Gasteiger partial charge in [0, 0.05) is 37.6 Å². The summed E-state index contributed by atoms with van der Waals surface area (Å²) in [5, 5.41) is 3.00. The van der Waals surface area contributed by atoms with Crippen LogP contribution in [0.25, 0.3) is 0 Å². The van der Waals surface area contributed by atoms with E-state index >= 15 is 0 Å². The van der Waals surface area contributed by atoms with Gasteiger partial charge in [-0.15, -0.1) is 0 Å². The first-order chi connectivity index (χ1) is 11.7. The minimum Gasteiger partial charge on any atom is -0.489 e. The molecule has 1 aromatic heterocycles. The number of hydrogen-bond acceptors (Lipinski definition) is 4. The maximum Gasteiger partial charge on any atom is 0.234 e. The summed E-state index contributed by atoms with van der Waals surface area (Å²) < 4.78 is 5.93. The van der Waals surface area contributed by atoms with Crippen LogP contribution < -0.4 is 10.1 Å². The van der Waals surface area contributed by atoms with E-state index in [1.807, 2.05) is 37.3 Å². The molecule has 0 fully saturated rings. The minimum absolute atomic E-state index is 0.0515. The molecule has 1 aromatic carbocycles. The quantitative estimate of drug-likeness (QED) is 0.914. The molecule has 0 radical (unpaired) electrons. The van der Waals surface area contributed by atoms with Crippen molar-refractivity contribution >= 4 is 5.91 Å². The Labute approximate surface area is 142 Å². The number of ether oxygens (including phenoxy) is 1. The van der Waals surface area contributed by atoms with E-state index in [1.165, 1.54) is 5.56 Å². The predicted molar refractivity (Wildman–Crippen MR) is 92.8 cm³/mol. The number of aromatic nitrogens is 1. The van der Waals surface area contributed by atoms with Crippen LogP contribution in [0.3, 0.4) is 0 Å². The first kappa shape index (κ1) is 16.5. The van der Waals surface area contributed by atoms with Gasteiger partial charge in [0.05, 0.1) is 6.54 Å². The summed E-state index contributed by atoms with van der Waals surface area (Å²) in [4.78, 5) is 18.4. The molecule has 0 saturated carbocycles. The third-order valence-electron chi connectivity index (χ3n) is 4.06. The van der Waals surface area contributed by atoms with Gasteiger partial charge in [0.25, 0.3) is 0 Å². The van der Waals surface area contributed by atoms with Crippen LogP contribution in [0.1, 0.15) is 18.1 Å². The number of carbonyl (C=O) groups excluding carboxylic acids is 1. The Bertz CT molecular complexity index is 675. The number of para-hydroxylation sites is 1. The van der Waals surface area contributed by atoms with Gasteiger partial charge < -0.3 is 10.1 Å². The molecule has 0 aliphatic carbocycles. The van der Waals surface area contributed by atoms with E-state index in [4.69, 9.17) is 4.74 Å². The van der Waals surface area contributed by atoms with E-state index in [9.17, 15) is 4.79 Å². The Balaban J connectivity index is 1.50. The monoisotopic (exact) mass is 325 g/mol. The second-order valence-corrected chi connectivity index (χ2v) is 6.16. The zero-order valence-corrected chi connectivity index (χ0v) is 13.9. The molecular weight excluding hydrogens is 302 g/mol. The van der Waals surface area contributed by atoms with E-state index in [0.717, 1.165) is 30.8 Å². The lowest BCUT2D eigenvalue weighted by Crippen LogP contribution is -2.40. The van der Waals surface area contributed by atoms with E-state index in [1.54, 1.807) is 12.4 Å². The topological polar surface area (TPSA) is 54.5 Å². The van der Waals surface area contributed by atoms with Crippen LogP contribution in [-0.4, -0.2) is 41.5 Å². The Kier molecular flexibility index (Phi) is 5.43. The Morgan fingerprint density at radius 3 is 2.92 bits per heavy atom. The summed E-state index contributed by atoms with van der Waals surface area (Å²) in [5.74, 6) is 0.973. The first-order valence-corrected chi connectivity index (χ1v) is 8.33. The lowest BCUT2D eigenvalue weighted by Gasteiger charge is -2.21. The Hall–Kier alpha value is -2.40. The summed E-state index contributed by atoms with van der Waals surface area (Å²) in [6.45, 7) is 4.54. The number of hydrogen-bond donors (Lipinski definition) is 1. The SMILES string of the molecule is CC1CN(CC(=O)NCCc2ccncc2)Cc2ccccc2O1. The maximum atomic E-state index is 12.2. The molecule has 0 bridgehead atoms. The summed E-state index contributed by atoms with van der Waals surface area (Å²) in [7, 11) is 0. The largest absolute Gasteiger partial charge is 0.489 e. The van der Waals surface area contributed by atoms with E-state index < -0.39 is 0 Å². The molecule has 1 aliphatic rings. The maximum absolute atomic E-state index is 12.2. The molecule has 2 heterocycles. The molecule has 0 spiro atoms. The smallest absolute Gasteiger partial charge is 0.234 e. The average molecular weight is 325 g/mol. The van der Waals surface area contributed by atoms with Crippen LogP contribution in [0.5, 0.6) is 5.75 Å². The molecule has 1 amide bonds. The van der Waals surface area contributed by atoms with Crippen molar-refractivity contribution in [3.05, 3.63) is 59.9 Å². The molecule has 3 rings (SSSR count). The molecule has 126 valence electrons. The molecule has 5 heteroatoms. The molecule has 0 saturated heterocycles. The van der Waals surface area contributed by atoms with Crippen molar-refractivity contribution in [3.8, 4) is 5.75 Å². The molecule has 1 unspecified atom stereocenters. The number of amides is 1. The molecule has 1 atom stereocenters. The first-order valence-electron chi connectivity index (χ1n) is 8.33. The van der Waals surface area contributed by atoms with Crippen molar-refractivity contribution in [2.24, 2.45) is 0 Å². The van der Waals surface area contributed by atoms with Crippen LogP contribution in [0.15, 0.2) is 48.8 Å². The second kappa shape index (κ2) is 7.93. The third kappa shape index (κ3) is 4.55. The van der Waals surface area contributed by atoms with Crippen LogP contribution in [0.4, 0.5) is 0 Å². The van der Waals surface area contributed by atoms with Crippen LogP contribution >= 0.6 is 0 Å². The standard InChI is InChI=1S/C19H23N3O2/c1-15-12-22(13-17-4-2-3-5-18(17)24-15)14-19(23)21-11-8-16-6-9-20-10-7-16/h2-7,9-10,15H,8,11-14H2,1H3,(H,21,23). The zero-order chi connectivity index (χ0) is 16.8. The highest BCUT2D eigenvalue weighted by Crippen LogP contribution is 2.24. The average Bonchev–Trinajstić information content (AvgIpc) is 2.73. The zero-order valence-electron chi connectivity index (χ0n) is 13.9. The highest BCUT2D eigenvalue weighted by molar-refractivity contribution is 5.78. The van der Waals surface area contributed by atoms with Gasteiger partial charge in [-0.05, 0) is 37.1 Å². The van der Waals surface area contributed by atoms with Crippen LogP contribution in [0.2, 0.25) is 0 Å². The van der Waals surface area contributed by atoms with Gasteiger partial charge in [-0.25, -0.2) is 0 Å². The van der Waals surface area contributed by atoms with Gasteiger partial charge in [-0.2, -0.15) is 0 Å². The molecule has 5 nitrogen and oxygen atoms in total. The van der Waals surface area contributed by atoms with E-state index in [2.05, 4.69) is 21.3 Å². The van der Waals surface area contributed by atoms with Crippen molar-refractivity contribution in [1.82, 2.24) is 15.2 Å². The number of nitrogens with zero attached hydrogens (tertiary/aromatic N) is 2. The molecule has 2 aromatic rings. The Morgan fingerprint density at radius 1 is 1.29 bits per heavy atom. The van der Waals surface area contributed by atoms with Crippen molar-refractivity contribution in [2.45, 2.75) is 26.0 Å². The van der Waals surface area contributed by atoms with Crippen molar-refractivity contribution < 1.29 is 9.53 Å². The van der Waals surface area contributed by atoms with Gasteiger partial charge in [-0.3, -0.25) is 14.7 Å². The lowest BCUT2D eigenvalue weighted by atomic mass is 10.2. The highest BCUT2D eigenvalue weighted by atomic mass is 16.5. The lowest BCUT2D eigenvalue weighted by molar-refractivity contribution is -0.122. The number of rotatable bonds is 5. The number of fused-ring (bicyclic) bond motifs is 1. The molecule has 1 N–H and O–H groups in total. The number of nitrogens with one attached hydrogen (secondary N) is 1. The normalized spacial score (nSPS) is 17.5. The van der Waals surface area contributed by atoms with Gasteiger partial charge in [-0.1, -0.05) is 18.2 Å². The van der Waals surface area contributed by atoms with Crippen molar-refractivity contribution in [1.29, 1.82) is 0 Å². The predicted octanol–water partition coefficient (Wildman–Crippen LogP) is 2.02. The fraction of sp³-hybridized carbons (Fsp3) is 0.368. The minimum atomic E-state index is 0.0515. The van der Waals surface area contributed by atoms with Gasteiger partial charge in [0.1, 0.15) is 11.9 Å². The summed E-state index contributed by atoms with van der Waals surface area (Å²) in [6.07, 6.45) is 4.43. The van der Waals surface area contributed by atoms with E-state index in [0.29, 0.717) is 13.1 Å². The van der Waals surface area contributed by atoms with Crippen molar-refractivity contribution in [3.63, 3.8) is 0 Å². The fourth-order valence-corrected chi connectivity index (χ4v) is 2.95. The van der Waals surface area contributed by atoms with Crippen LogP contribution in [-0.2, 0) is 17.8 Å².